The zero-order chi connectivity index (χ0) is 25.0. The average Bonchev–Trinajstić information content (AvgIpc) is 2.86. The third-order valence-corrected chi connectivity index (χ3v) is 5.99. The summed E-state index contributed by atoms with van der Waals surface area (Å²) in [5, 5.41) is 3.48. The number of halogens is 1. The number of nitrogens with zero attached hydrogens (tertiary/aromatic N) is 1. The average molecular weight is 493 g/mol. The van der Waals surface area contributed by atoms with E-state index in [1.54, 1.807) is 29.2 Å². The molecule has 3 rings (SSSR count). The Hall–Kier alpha value is -3.31. The maximum absolute atomic E-state index is 13.5. The monoisotopic (exact) mass is 492 g/mol. The highest BCUT2D eigenvalue weighted by molar-refractivity contribution is 6.32. The van der Waals surface area contributed by atoms with E-state index in [4.69, 9.17) is 16.3 Å². The molecule has 0 aliphatic rings. The van der Waals surface area contributed by atoms with Gasteiger partial charge in [0, 0.05) is 19.5 Å². The van der Waals surface area contributed by atoms with Gasteiger partial charge in [0.25, 0.3) is 5.91 Å². The van der Waals surface area contributed by atoms with Crippen molar-refractivity contribution in [1.29, 1.82) is 0 Å². The fourth-order valence-corrected chi connectivity index (χ4v) is 3.91. The van der Waals surface area contributed by atoms with Crippen LogP contribution in [0.4, 0.5) is 0 Å². The van der Waals surface area contributed by atoms with E-state index in [1.165, 1.54) is 0 Å². The molecule has 0 radical (unpaired) electrons. The van der Waals surface area contributed by atoms with Crippen LogP contribution >= 0.6 is 11.6 Å². The van der Waals surface area contributed by atoms with Crippen molar-refractivity contribution in [3.63, 3.8) is 0 Å². The van der Waals surface area contributed by atoms with Crippen LogP contribution in [0.15, 0.2) is 84.9 Å². The van der Waals surface area contributed by atoms with Crippen molar-refractivity contribution in [3.8, 4) is 5.75 Å². The van der Waals surface area contributed by atoms with Crippen molar-refractivity contribution in [1.82, 2.24) is 10.2 Å². The minimum atomic E-state index is -0.688. The standard InChI is InChI=1S/C29H33ClN2O3/c1-22(2)17-18-31-29(34)26(19-23-11-5-3-6-12-23)32(20-24-13-7-4-8-14-24)28(33)21-35-27-16-10-9-15-25(27)30/h3-16,22,26H,17-21H2,1-2H3,(H,31,34). The summed E-state index contributed by atoms with van der Waals surface area (Å²) in [6.45, 7) is 4.86. The maximum Gasteiger partial charge on any atom is 0.261 e. The van der Waals surface area contributed by atoms with Gasteiger partial charge in [0.2, 0.25) is 5.91 Å². The van der Waals surface area contributed by atoms with Crippen LogP contribution in [0.5, 0.6) is 5.75 Å². The number of hydrogen-bond acceptors (Lipinski definition) is 3. The second kappa shape index (κ2) is 13.5. The minimum absolute atomic E-state index is 0.170. The van der Waals surface area contributed by atoms with Crippen molar-refractivity contribution < 1.29 is 14.3 Å². The highest BCUT2D eigenvalue weighted by Crippen LogP contribution is 2.23. The number of nitrogens with one attached hydrogen (secondary N) is 1. The van der Waals surface area contributed by atoms with Gasteiger partial charge in [-0.25, -0.2) is 0 Å². The Labute approximate surface area is 213 Å². The molecule has 1 N–H and O–H groups in total. The first-order valence-electron chi connectivity index (χ1n) is 12.0. The molecule has 184 valence electrons. The number of para-hydroxylation sites is 1. The van der Waals surface area contributed by atoms with Gasteiger partial charge in [0.1, 0.15) is 11.8 Å². The lowest BCUT2D eigenvalue weighted by Crippen LogP contribution is -2.52. The van der Waals surface area contributed by atoms with Gasteiger partial charge in [-0.3, -0.25) is 9.59 Å². The summed E-state index contributed by atoms with van der Waals surface area (Å²) in [7, 11) is 0. The summed E-state index contributed by atoms with van der Waals surface area (Å²) in [4.78, 5) is 28.6. The third-order valence-electron chi connectivity index (χ3n) is 5.68. The van der Waals surface area contributed by atoms with Gasteiger partial charge in [-0.15, -0.1) is 0 Å². The number of benzene rings is 3. The van der Waals surface area contributed by atoms with Crippen LogP contribution in [0, 0.1) is 5.92 Å². The topological polar surface area (TPSA) is 58.6 Å². The number of rotatable bonds is 12. The first kappa shape index (κ1) is 26.3. The van der Waals surface area contributed by atoms with E-state index in [0.717, 1.165) is 17.5 Å². The van der Waals surface area contributed by atoms with E-state index in [9.17, 15) is 9.59 Å². The molecule has 0 aromatic heterocycles. The zero-order valence-electron chi connectivity index (χ0n) is 20.3. The van der Waals surface area contributed by atoms with Crippen LogP contribution in [0.3, 0.4) is 0 Å². The van der Waals surface area contributed by atoms with E-state index in [1.807, 2.05) is 60.7 Å². The Balaban J connectivity index is 1.86. The Morgan fingerprint density at radius 2 is 1.49 bits per heavy atom. The summed E-state index contributed by atoms with van der Waals surface area (Å²) >= 11 is 6.21. The summed E-state index contributed by atoms with van der Waals surface area (Å²) in [5.74, 6) is 0.447. The second-order valence-electron chi connectivity index (χ2n) is 8.91. The fourth-order valence-electron chi connectivity index (χ4n) is 3.72. The number of carbonyl (C=O) groups excluding carboxylic acids is 2. The van der Waals surface area contributed by atoms with Gasteiger partial charge in [-0.2, -0.15) is 0 Å². The highest BCUT2D eigenvalue weighted by Gasteiger charge is 2.30. The van der Waals surface area contributed by atoms with Gasteiger partial charge in [-0.05, 0) is 35.6 Å². The first-order valence-corrected chi connectivity index (χ1v) is 12.3. The number of amides is 2. The molecule has 0 aliphatic carbocycles. The van der Waals surface area contributed by atoms with Crippen LogP contribution in [-0.2, 0) is 22.6 Å². The molecule has 0 saturated heterocycles. The van der Waals surface area contributed by atoms with Gasteiger partial charge in [0.05, 0.1) is 5.02 Å². The molecule has 2 amide bonds. The SMILES string of the molecule is CC(C)CCNC(=O)C(Cc1ccccc1)N(Cc1ccccc1)C(=O)COc1ccccc1Cl. The van der Waals surface area contributed by atoms with Crippen molar-refractivity contribution in [3.05, 3.63) is 101 Å². The number of ether oxygens (including phenoxy) is 1. The molecule has 0 spiro atoms. The van der Waals surface area contributed by atoms with Crippen LogP contribution in [0.25, 0.3) is 0 Å². The molecule has 5 nitrogen and oxygen atoms in total. The smallest absolute Gasteiger partial charge is 0.261 e. The van der Waals surface area contributed by atoms with Gasteiger partial charge in [-0.1, -0.05) is 98.2 Å². The molecule has 0 bridgehead atoms. The van der Waals surface area contributed by atoms with Gasteiger partial charge >= 0.3 is 0 Å². The van der Waals surface area contributed by atoms with Crippen LogP contribution < -0.4 is 10.1 Å². The van der Waals surface area contributed by atoms with E-state index in [-0.39, 0.29) is 18.4 Å². The molecule has 35 heavy (non-hydrogen) atoms. The largest absolute Gasteiger partial charge is 0.482 e. The predicted molar refractivity (Wildman–Crippen MR) is 140 cm³/mol. The Morgan fingerprint density at radius 3 is 2.11 bits per heavy atom. The minimum Gasteiger partial charge on any atom is -0.482 e. The normalized spacial score (nSPS) is 11.7. The van der Waals surface area contributed by atoms with Crippen molar-refractivity contribution in [2.24, 2.45) is 5.92 Å². The lowest BCUT2D eigenvalue weighted by atomic mass is 10.0. The summed E-state index contributed by atoms with van der Waals surface area (Å²) < 4.78 is 5.76. The first-order chi connectivity index (χ1) is 16.9. The van der Waals surface area contributed by atoms with Gasteiger partial charge < -0.3 is 15.0 Å². The molecule has 0 aliphatic heterocycles. The van der Waals surface area contributed by atoms with E-state index in [2.05, 4.69) is 19.2 Å². The number of carbonyl (C=O) groups is 2. The lowest BCUT2D eigenvalue weighted by molar-refractivity contribution is -0.142. The molecule has 1 atom stereocenters. The fraction of sp³-hybridized carbons (Fsp3) is 0.310. The quantitative estimate of drug-likeness (QED) is 0.362. The van der Waals surface area contributed by atoms with Crippen molar-refractivity contribution in [2.45, 2.75) is 39.3 Å². The van der Waals surface area contributed by atoms with E-state index in [0.29, 0.717) is 36.2 Å². The summed E-state index contributed by atoms with van der Waals surface area (Å²) in [5.41, 5.74) is 1.92. The molecule has 0 heterocycles. The molecule has 0 saturated carbocycles. The van der Waals surface area contributed by atoms with Gasteiger partial charge in [0.15, 0.2) is 6.61 Å². The van der Waals surface area contributed by atoms with E-state index < -0.39 is 6.04 Å². The second-order valence-corrected chi connectivity index (χ2v) is 9.31. The Morgan fingerprint density at radius 1 is 0.886 bits per heavy atom. The summed E-state index contributed by atoms with van der Waals surface area (Å²) in [6, 6.07) is 25.8. The molecule has 6 heteroatoms. The molecule has 3 aromatic carbocycles. The number of hydrogen-bond donors (Lipinski definition) is 1. The molecular formula is C29H33ClN2O3. The molecule has 0 fully saturated rings. The Kier molecular flexibility index (Phi) is 10.2. The molecule has 3 aromatic rings. The van der Waals surface area contributed by atoms with E-state index >= 15 is 0 Å². The molecule has 1 unspecified atom stereocenters. The predicted octanol–water partition coefficient (Wildman–Crippen LogP) is 5.52. The van der Waals surface area contributed by atoms with Crippen LogP contribution in [0.2, 0.25) is 5.02 Å². The van der Waals surface area contributed by atoms with Crippen molar-refractivity contribution in [2.75, 3.05) is 13.2 Å². The summed E-state index contributed by atoms with van der Waals surface area (Å²) in [6.07, 6.45) is 1.27. The highest BCUT2D eigenvalue weighted by atomic mass is 35.5. The lowest BCUT2D eigenvalue weighted by Gasteiger charge is -2.31. The maximum atomic E-state index is 13.5. The Bertz CT molecular complexity index is 1070. The third kappa shape index (κ3) is 8.45. The molecular weight excluding hydrogens is 460 g/mol. The van der Waals surface area contributed by atoms with Crippen molar-refractivity contribution >= 4 is 23.4 Å². The zero-order valence-corrected chi connectivity index (χ0v) is 21.1. The van der Waals surface area contributed by atoms with Crippen LogP contribution in [0.1, 0.15) is 31.4 Å². The van der Waals surface area contributed by atoms with Crippen LogP contribution in [-0.4, -0.2) is 35.9 Å².